The molecule has 5 heteroatoms. The molecular weight excluding hydrogens is 296 g/mol. The fourth-order valence-electron chi connectivity index (χ4n) is 3.15. The maximum absolute atomic E-state index is 12.5. The van der Waals surface area contributed by atoms with Gasteiger partial charge in [0.1, 0.15) is 5.56 Å². The molecule has 3 rings (SSSR count). The summed E-state index contributed by atoms with van der Waals surface area (Å²) in [5, 5.41) is 5.12. The molecule has 4 nitrogen and oxygen atoms in total. The highest BCUT2D eigenvalue weighted by atomic mass is 32.1. The van der Waals surface area contributed by atoms with Crippen molar-refractivity contribution in [1.82, 2.24) is 10.3 Å². The van der Waals surface area contributed by atoms with Gasteiger partial charge < -0.3 is 10.3 Å². The van der Waals surface area contributed by atoms with Crippen LogP contribution in [0.4, 0.5) is 0 Å². The number of rotatable bonds is 4. The molecule has 1 aliphatic carbocycles. The Hall–Kier alpha value is -1.88. The third-order valence-corrected chi connectivity index (χ3v) is 5.26. The van der Waals surface area contributed by atoms with Crippen molar-refractivity contribution in [3.63, 3.8) is 0 Å². The Balaban J connectivity index is 1.83. The van der Waals surface area contributed by atoms with Gasteiger partial charge in [0.05, 0.1) is 6.04 Å². The van der Waals surface area contributed by atoms with Crippen molar-refractivity contribution in [2.45, 2.75) is 38.6 Å². The summed E-state index contributed by atoms with van der Waals surface area (Å²) in [5.74, 6) is 0.179. The summed E-state index contributed by atoms with van der Waals surface area (Å²) in [6.45, 7) is 1.80. The van der Waals surface area contributed by atoms with E-state index in [2.05, 4.69) is 16.4 Å². The molecule has 22 heavy (non-hydrogen) atoms. The number of hydrogen-bond donors (Lipinski definition) is 2. The molecule has 0 unspecified atom stereocenters. The van der Waals surface area contributed by atoms with Crippen molar-refractivity contribution in [3.05, 3.63) is 56.1 Å². The zero-order valence-electron chi connectivity index (χ0n) is 12.6. The SMILES string of the molecule is Cc1ccc(C(=O)N[C@H](c2cccs2)C2CCCC2)c(=O)[nH]1. The van der Waals surface area contributed by atoms with Crippen molar-refractivity contribution < 1.29 is 4.79 Å². The Morgan fingerprint density at radius 3 is 2.73 bits per heavy atom. The van der Waals surface area contributed by atoms with Gasteiger partial charge in [-0.1, -0.05) is 18.9 Å². The minimum Gasteiger partial charge on any atom is -0.344 e. The lowest BCUT2D eigenvalue weighted by Gasteiger charge is -2.23. The summed E-state index contributed by atoms with van der Waals surface area (Å²) >= 11 is 1.66. The molecule has 1 atom stereocenters. The van der Waals surface area contributed by atoms with E-state index in [1.165, 1.54) is 17.7 Å². The number of carbonyl (C=O) groups excluding carboxylic acids is 1. The van der Waals surface area contributed by atoms with E-state index in [0.717, 1.165) is 18.5 Å². The number of nitrogens with one attached hydrogen (secondary N) is 2. The Bertz CT molecular complexity index is 700. The Morgan fingerprint density at radius 2 is 2.09 bits per heavy atom. The first-order valence-corrected chi connectivity index (χ1v) is 8.57. The molecular formula is C17H20N2O2S. The first-order valence-electron chi connectivity index (χ1n) is 7.69. The van der Waals surface area contributed by atoms with Gasteiger partial charge in [-0.25, -0.2) is 0 Å². The highest BCUT2D eigenvalue weighted by molar-refractivity contribution is 7.10. The van der Waals surface area contributed by atoms with E-state index < -0.39 is 0 Å². The van der Waals surface area contributed by atoms with E-state index in [4.69, 9.17) is 0 Å². The number of aromatic amines is 1. The molecule has 1 saturated carbocycles. The Kier molecular flexibility index (Phi) is 4.43. The zero-order valence-corrected chi connectivity index (χ0v) is 13.4. The molecule has 0 radical (unpaired) electrons. The van der Waals surface area contributed by atoms with Gasteiger partial charge in [0, 0.05) is 10.6 Å². The third-order valence-electron chi connectivity index (χ3n) is 4.31. The second-order valence-corrected chi connectivity index (χ2v) is 6.87. The summed E-state index contributed by atoms with van der Waals surface area (Å²) < 4.78 is 0. The van der Waals surface area contributed by atoms with Crippen LogP contribution in [0, 0.1) is 12.8 Å². The molecule has 0 saturated heterocycles. The van der Waals surface area contributed by atoms with Crippen LogP contribution in [0.5, 0.6) is 0 Å². The van der Waals surface area contributed by atoms with Gasteiger partial charge in [0.2, 0.25) is 0 Å². The van der Waals surface area contributed by atoms with Gasteiger partial charge in [-0.3, -0.25) is 9.59 Å². The summed E-state index contributed by atoms with van der Waals surface area (Å²) in [4.78, 5) is 28.3. The maximum atomic E-state index is 12.5. The standard InChI is InChI=1S/C17H20N2O2S/c1-11-8-9-13(16(20)18-11)17(21)19-15(12-5-2-3-6-12)14-7-4-10-22-14/h4,7-10,12,15H,2-3,5-6H2,1H3,(H,18,20)(H,19,21)/t15-/m0/s1. The number of H-pyrrole nitrogens is 1. The van der Waals surface area contributed by atoms with E-state index in [1.54, 1.807) is 30.4 Å². The maximum Gasteiger partial charge on any atom is 0.260 e. The molecule has 0 bridgehead atoms. The summed E-state index contributed by atoms with van der Waals surface area (Å²) in [5.41, 5.74) is 0.617. The first kappa shape index (κ1) is 15.0. The number of aryl methyl sites for hydroxylation is 1. The molecule has 2 N–H and O–H groups in total. The van der Waals surface area contributed by atoms with E-state index in [0.29, 0.717) is 5.92 Å². The van der Waals surface area contributed by atoms with Gasteiger partial charge in [-0.15, -0.1) is 11.3 Å². The van der Waals surface area contributed by atoms with E-state index in [1.807, 2.05) is 11.4 Å². The second-order valence-electron chi connectivity index (χ2n) is 5.90. The average molecular weight is 316 g/mol. The molecule has 116 valence electrons. The molecule has 2 aromatic rings. The van der Waals surface area contributed by atoms with Crippen LogP contribution in [0.15, 0.2) is 34.4 Å². The van der Waals surface area contributed by atoms with Crippen LogP contribution in [-0.2, 0) is 0 Å². The Labute approximate surface area is 133 Å². The fraction of sp³-hybridized carbons (Fsp3) is 0.412. The minimum atomic E-state index is -0.325. The lowest BCUT2D eigenvalue weighted by Crippen LogP contribution is -2.35. The number of thiophene rings is 1. The van der Waals surface area contributed by atoms with Crippen molar-refractivity contribution in [3.8, 4) is 0 Å². The molecule has 1 amide bonds. The lowest BCUT2D eigenvalue weighted by molar-refractivity contribution is 0.0921. The lowest BCUT2D eigenvalue weighted by atomic mass is 9.96. The number of pyridine rings is 1. The third kappa shape index (κ3) is 3.14. The van der Waals surface area contributed by atoms with Crippen LogP contribution in [0.1, 0.15) is 52.7 Å². The van der Waals surface area contributed by atoms with E-state index in [-0.39, 0.29) is 23.1 Å². The highest BCUT2D eigenvalue weighted by Crippen LogP contribution is 2.37. The van der Waals surface area contributed by atoms with Gasteiger partial charge in [-0.2, -0.15) is 0 Å². The monoisotopic (exact) mass is 316 g/mol. The normalized spacial score (nSPS) is 16.6. The molecule has 0 aromatic carbocycles. The molecule has 2 heterocycles. The van der Waals surface area contributed by atoms with Gasteiger partial charge in [-0.05, 0) is 49.3 Å². The summed E-state index contributed by atoms with van der Waals surface area (Å²) in [6.07, 6.45) is 4.70. The van der Waals surface area contributed by atoms with Crippen LogP contribution >= 0.6 is 11.3 Å². The van der Waals surface area contributed by atoms with Crippen molar-refractivity contribution in [2.75, 3.05) is 0 Å². The number of aromatic nitrogens is 1. The van der Waals surface area contributed by atoms with Crippen LogP contribution < -0.4 is 10.9 Å². The topological polar surface area (TPSA) is 62.0 Å². The van der Waals surface area contributed by atoms with Crippen LogP contribution in [0.3, 0.4) is 0 Å². The predicted molar refractivity (Wildman–Crippen MR) is 88.3 cm³/mol. The number of carbonyl (C=O) groups is 1. The molecule has 1 fully saturated rings. The first-order chi connectivity index (χ1) is 10.6. The summed E-state index contributed by atoms with van der Waals surface area (Å²) in [6, 6.07) is 7.44. The van der Waals surface area contributed by atoms with Gasteiger partial charge >= 0.3 is 0 Å². The highest BCUT2D eigenvalue weighted by Gasteiger charge is 2.29. The van der Waals surface area contributed by atoms with Crippen molar-refractivity contribution in [2.24, 2.45) is 5.92 Å². The number of hydrogen-bond acceptors (Lipinski definition) is 3. The van der Waals surface area contributed by atoms with Crippen LogP contribution in [-0.4, -0.2) is 10.9 Å². The Morgan fingerprint density at radius 1 is 1.32 bits per heavy atom. The minimum absolute atomic E-state index is 0.00991. The van der Waals surface area contributed by atoms with E-state index in [9.17, 15) is 9.59 Å². The largest absolute Gasteiger partial charge is 0.344 e. The van der Waals surface area contributed by atoms with Crippen LogP contribution in [0.2, 0.25) is 0 Å². The van der Waals surface area contributed by atoms with Crippen molar-refractivity contribution in [1.29, 1.82) is 0 Å². The summed E-state index contributed by atoms with van der Waals surface area (Å²) in [7, 11) is 0. The molecule has 2 aromatic heterocycles. The van der Waals surface area contributed by atoms with Crippen molar-refractivity contribution >= 4 is 17.2 Å². The quantitative estimate of drug-likeness (QED) is 0.908. The number of amides is 1. The molecule has 0 spiro atoms. The molecule has 1 aliphatic rings. The fourth-order valence-corrected chi connectivity index (χ4v) is 4.02. The molecule has 0 aliphatic heterocycles. The smallest absolute Gasteiger partial charge is 0.260 e. The second kappa shape index (κ2) is 6.48. The average Bonchev–Trinajstić information content (AvgIpc) is 3.18. The van der Waals surface area contributed by atoms with Crippen LogP contribution in [0.25, 0.3) is 0 Å². The van der Waals surface area contributed by atoms with Gasteiger partial charge in [0.15, 0.2) is 0 Å². The van der Waals surface area contributed by atoms with E-state index >= 15 is 0 Å². The predicted octanol–water partition coefficient (Wildman–Crippen LogP) is 3.41. The van der Waals surface area contributed by atoms with Gasteiger partial charge in [0.25, 0.3) is 11.5 Å². The zero-order chi connectivity index (χ0) is 15.5.